The second-order valence-electron chi connectivity index (χ2n) is 7.32. The summed E-state index contributed by atoms with van der Waals surface area (Å²) in [5, 5.41) is 14.4. The van der Waals surface area contributed by atoms with Crippen LogP contribution < -0.4 is 10.6 Å². The van der Waals surface area contributed by atoms with Gasteiger partial charge in [0.2, 0.25) is 16.9 Å². The molecule has 32 heavy (non-hydrogen) atoms. The molecular weight excluding hydrogens is 431 g/mol. The minimum atomic E-state index is -0.744. The Labute approximate surface area is 190 Å². The van der Waals surface area contributed by atoms with Crippen molar-refractivity contribution in [2.45, 2.75) is 32.9 Å². The van der Waals surface area contributed by atoms with E-state index in [4.69, 9.17) is 4.74 Å². The van der Waals surface area contributed by atoms with Gasteiger partial charge in [-0.1, -0.05) is 61.9 Å². The third kappa shape index (κ3) is 6.66. The minimum absolute atomic E-state index is 0.0995. The fourth-order valence-electron chi connectivity index (χ4n) is 2.92. The number of anilines is 1. The highest BCUT2D eigenvalue weighted by molar-refractivity contribution is 7.18. The van der Waals surface area contributed by atoms with Crippen LogP contribution in [0.5, 0.6) is 0 Å². The summed E-state index contributed by atoms with van der Waals surface area (Å²) in [6.07, 6.45) is 0.695. The zero-order valence-corrected chi connectivity index (χ0v) is 18.7. The number of aromatic nitrogens is 2. The molecule has 0 aliphatic heterocycles. The van der Waals surface area contributed by atoms with E-state index in [0.29, 0.717) is 28.7 Å². The van der Waals surface area contributed by atoms with Gasteiger partial charge in [0, 0.05) is 5.56 Å². The summed E-state index contributed by atoms with van der Waals surface area (Å²) in [6.45, 7) is 3.99. The van der Waals surface area contributed by atoms with Crippen molar-refractivity contribution in [3.63, 3.8) is 0 Å². The number of ether oxygens (including phenoxy) is 1. The number of nitrogens with one attached hydrogen (secondary N) is 2. The lowest BCUT2D eigenvalue weighted by atomic mass is 9.98. The zero-order valence-electron chi connectivity index (χ0n) is 17.9. The highest BCUT2D eigenvalue weighted by atomic mass is 32.1. The molecule has 1 aromatic heterocycles. The predicted octanol–water partition coefficient (Wildman–Crippen LogP) is 4.03. The van der Waals surface area contributed by atoms with E-state index in [0.717, 1.165) is 5.56 Å². The lowest BCUT2D eigenvalue weighted by Gasteiger charge is -2.22. The van der Waals surface area contributed by atoms with E-state index in [9.17, 15) is 14.0 Å². The molecule has 0 saturated heterocycles. The van der Waals surface area contributed by atoms with Gasteiger partial charge in [-0.25, -0.2) is 4.39 Å². The van der Waals surface area contributed by atoms with Crippen molar-refractivity contribution in [2.75, 3.05) is 11.9 Å². The van der Waals surface area contributed by atoms with E-state index in [2.05, 4.69) is 20.8 Å². The van der Waals surface area contributed by atoms with Crippen LogP contribution in [-0.4, -0.2) is 34.7 Å². The average molecular weight is 457 g/mol. The normalized spacial score (nSPS) is 12.7. The van der Waals surface area contributed by atoms with Gasteiger partial charge in [0.15, 0.2) is 0 Å². The van der Waals surface area contributed by atoms with Gasteiger partial charge < -0.3 is 10.1 Å². The van der Waals surface area contributed by atoms with Crippen LogP contribution in [0.2, 0.25) is 0 Å². The maximum absolute atomic E-state index is 13.1. The van der Waals surface area contributed by atoms with Gasteiger partial charge in [0.25, 0.3) is 0 Å². The van der Waals surface area contributed by atoms with Crippen LogP contribution in [0.4, 0.5) is 9.52 Å². The average Bonchev–Trinajstić information content (AvgIpc) is 3.26. The van der Waals surface area contributed by atoms with Gasteiger partial charge in [-0.15, -0.1) is 10.2 Å². The quantitative estimate of drug-likeness (QED) is 0.480. The van der Waals surface area contributed by atoms with Crippen LogP contribution in [0.1, 0.15) is 25.8 Å². The molecule has 2 amide bonds. The van der Waals surface area contributed by atoms with E-state index in [1.807, 2.05) is 44.2 Å². The van der Waals surface area contributed by atoms with Crippen LogP contribution in [0, 0.1) is 11.7 Å². The molecule has 2 atom stereocenters. The Hall–Kier alpha value is -3.17. The largest absolute Gasteiger partial charge is 0.367 e. The molecule has 0 fully saturated rings. The van der Waals surface area contributed by atoms with Gasteiger partial charge in [-0.05, 0) is 35.7 Å². The zero-order chi connectivity index (χ0) is 22.9. The van der Waals surface area contributed by atoms with E-state index < -0.39 is 6.04 Å². The van der Waals surface area contributed by atoms with E-state index in [1.165, 1.54) is 23.5 Å². The molecule has 168 valence electrons. The number of nitrogens with zero attached hydrogens (tertiary/aromatic N) is 2. The van der Waals surface area contributed by atoms with Crippen LogP contribution >= 0.6 is 11.3 Å². The molecule has 0 radical (unpaired) electrons. The molecule has 0 aliphatic carbocycles. The standard InChI is InChI=1S/C23H25FN4O3S/c1-3-15(2)20(25-19(29)14-31-13-16-7-5-4-6-8-16)21(30)26-23-28-27-22(32-23)17-9-11-18(24)12-10-17/h4-12,15,20H,3,13-14H2,1-2H3,(H,25,29)(H,26,28,30). The molecule has 9 heteroatoms. The molecule has 3 rings (SSSR count). The summed E-state index contributed by atoms with van der Waals surface area (Å²) in [7, 11) is 0. The molecular formula is C23H25FN4O3S. The first-order valence-corrected chi connectivity index (χ1v) is 11.1. The molecule has 0 saturated carbocycles. The topological polar surface area (TPSA) is 93.2 Å². The van der Waals surface area contributed by atoms with Crippen LogP contribution in [-0.2, 0) is 20.9 Å². The van der Waals surface area contributed by atoms with Crippen molar-refractivity contribution in [3.05, 3.63) is 66.0 Å². The third-order valence-corrected chi connectivity index (χ3v) is 5.79. The second kappa shape index (κ2) is 11.4. The number of benzene rings is 2. The first-order chi connectivity index (χ1) is 15.5. The molecule has 0 spiro atoms. The van der Waals surface area contributed by atoms with E-state index in [-0.39, 0.29) is 30.2 Å². The first kappa shape index (κ1) is 23.5. The van der Waals surface area contributed by atoms with Crippen LogP contribution in [0.3, 0.4) is 0 Å². The fourth-order valence-corrected chi connectivity index (χ4v) is 3.67. The molecule has 7 nitrogen and oxygen atoms in total. The van der Waals surface area contributed by atoms with Crippen LogP contribution in [0.25, 0.3) is 10.6 Å². The van der Waals surface area contributed by atoms with Gasteiger partial charge in [-0.2, -0.15) is 0 Å². The summed E-state index contributed by atoms with van der Waals surface area (Å²) < 4.78 is 18.6. The van der Waals surface area contributed by atoms with Crippen molar-refractivity contribution in [1.82, 2.24) is 15.5 Å². The molecule has 2 N–H and O–H groups in total. The number of hydrogen-bond acceptors (Lipinski definition) is 6. The minimum Gasteiger partial charge on any atom is -0.367 e. The molecule has 0 aliphatic rings. The highest BCUT2D eigenvalue weighted by Crippen LogP contribution is 2.26. The number of amides is 2. The number of carbonyl (C=O) groups is 2. The third-order valence-electron chi connectivity index (χ3n) is 4.90. The summed E-state index contributed by atoms with van der Waals surface area (Å²) in [5.41, 5.74) is 1.66. The number of hydrogen-bond donors (Lipinski definition) is 2. The Morgan fingerprint density at radius 1 is 1.09 bits per heavy atom. The summed E-state index contributed by atoms with van der Waals surface area (Å²) >= 11 is 1.17. The fraction of sp³-hybridized carbons (Fsp3) is 0.304. The number of rotatable bonds is 10. The smallest absolute Gasteiger partial charge is 0.249 e. The van der Waals surface area contributed by atoms with Crippen molar-refractivity contribution >= 4 is 28.3 Å². The van der Waals surface area contributed by atoms with Gasteiger partial charge in [0.05, 0.1) is 6.61 Å². The SMILES string of the molecule is CCC(C)C(NC(=O)COCc1ccccc1)C(=O)Nc1nnc(-c2ccc(F)cc2)s1. The maximum atomic E-state index is 13.1. The van der Waals surface area contributed by atoms with Crippen molar-refractivity contribution in [2.24, 2.45) is 5.92 Å². The van der Waals surface area contributed by atoms with Gasteiger partial charge in [0.1, 0.15) is 23.5 Å². The molecule has 2 aromatic carbocycles. The maximum Gasteiger partial charge on any atom is 0.249 e. The Kier molecular flexibility index (Phi) is 8.41. The Morgan fingerprint density at radius 2 is 1.81 bits per heavy atom. The molecule has 1 heterocycles. The monoisotopic (exact) mass is 456 g/mol. The molecule has 0 bridgehead atoms. The van der Waals surface area contributed by atoms with Gasteiger partial charge >= 0.3 is 0 Å². The van der Waals surface area contributed by atoms with Gasteiger partial charge in [-0.3, -0.25) is 14.9 Å². The van der Waals surface area contributed by atoms with E-state index in [1.54, 1.807) is 12.1 Å². The summed E-state index contributed by atoms with van der Waals surface area (Å²) in [5.74, 6) is -1.19. The van der Waals surface area contributed by atoms with Crippen molar-refractivity contribution in [3.8, 4) is 10.6 Å². The van der Waals surface area contributed by atoms with E-state index >= 15 is 0 Å². The number of halogens is 1. The summed E-state index contributed by atoms with van der Waals surface area (Å²) in [4.78, 5) is 25.2. The predicted molar refractivity (Wildman–Crippen MR) is 121 cm³/mol. The summed E-state index contributed by atoms with van der Waals surface area (Å²) in [6, 6.07) is 14.7. The lowest BCUT2D eigenvalue weighted by Crippen LogP contribution is -2.48. The molecule has 3 aromatic rings. The second-order valence-corrected chi connectivity index (χ2v) is 8.30. The highest BCUT2D eigenvalue weighted by Gasteiger charge is 2.27. The Morgan fingerprint density at radius 3 is 2.50 bits per heavy atom. The molecule has 2 unspecified atom stereocenters. The van der Waals surface area contributed by atoms with Crippen molar-refractivity contribution in [1.29, 1.82) is 0 Å². The Bertz CT molecular complexity index is 1030. The lowest BCUT2D eigenvalue weighted by molar-refractivity contribution is -0.131. The van der Waals surface area contributed by atoms with Crippen molar-refractivity contribution < 1.29 is 18.7 Å². The Balaban J connectivity index is 1.57. The van der Waals surface area contributed by atoms with Crippen LogP contribution in [0.15, 0.2) is 54.6 Å². The number of carbonyl (C=O) groups excluding carboxylic acids is 2. The first-order valence-electron chi connectivity index (χ1n) is 10.3.